The van der Waals surface area contributed by atoms with Gasteiger partial charge in [0.15, 0.2) is 0 Å². The predicted molar refractivity (Wildman–Crippen MR) is 142 cm³/mol. The van der Waals surface area contributed by atoms with Crippen LogP contribution in [0.4, 0.5) is 0 Å². The molecule has 4 heteroatoms. The Kier molecular flexibility index (Phi) is 16.4. The highest BCUT2D eigenvalue weighted by molar-refractivity contribution is 6.02. The smallest absolute Gasteiger partial charge is 0.339 e. The minimum atomic E-state index is -1.10. The molecule has 1 aromatic rings. The average molecular weight is 475 g/mol. The highest BCUT2D eigenvalue weighted by Gasteiger charge is 2.21. The maximum Gasteiger partial charge on any atom is 0.339 e. The number of esters is 1. The van der Waals surface area contributed by atoms with Crippen molar-refractivity contribution < 1.29 is 19.4 Å². The van der Waals surface area contributed by atoms with Crippen LogP contribution in [0.2, 0.25) is 0 Å². The molecule has 0 saturated carbocycles. The summed E-state index contributed by atoms with van der Waals surface area (Å²) >= 11 is 0. The molecule has 0 saturated heterocycles. The molecule has 194 valence electrons. The van der Waals surface area contributed by atoms with Gasteiger partial charge in [0.1, 0.15) is 6.10 Å². The lowest BCUT2D eigenvalue weighted by Gasteiger charge is -2.20. The summed E-state index contributed by atoms with van der Waals surface area (Å²) in [5.41, 5.74) is 0.140. The molecule has 0 aromatic heterocycles. The fourth-order valence-corrected chi connectivity index (χ4v) is 4.51. The second-order valence-corrected chi connectivity index (χ2v) is 10.7. The van der Waals surface area contributed by atoms with Crippen LogP contribution in [0.25, 0.3) is 0 Å². The maximum absolute atomic E-state index is 12.6. The number of hydrogen-bond donors (Lipinski definition) is 1. The number of carbonyl (C=O) groups is 2. The van der Waals surface area contributed by atoms with Crippen molar-refractivity contribution in [3.8, 4) is 0 Å². The van der Waals surface area contributed by atoms with Gasteiger partial charge in [0.2, 0.25) is 0 Å². The Morgan fingerprint density at radius 1 is 0.676 bits per heavy atom. The van der Waals surface area contributed by atoms with Gasteiger partial charge in [-0.15, -0.1) is 0 Å². The van der Waals surface area contributed by atoms with Crippen molar-refractivity contribution in [1.29, 1.82) is 0 Å². The van der Waals surface area contributed by atoms with E-state index in [2.05, 4.69) is 27.7 Å². The number of carboxylic acid groups (broad SMARTS) is 1. The minimum absolute atomic E-state index is 0.00178. The van der Waals surface area contributed by atoms with Crippen LogP contribution in [0.3, 0.4) is 0 Å². The maximum atomic E-state index is 12.6. The van der Waals surface area contributed by atoms with Crippen molar-refractivity contribution in [2.45, 2.75) is 130 Å². The Hall–Kier alpha value is -1.84. The first-order valence-corrected chi connectivity index (χ1v) is 13.8. The zero-order valence-corrected chi connectivity index (χ0v) is 22.3. The molecule has 0 aliphatic rings. The van der Waals surface area contributed by atoms with Crippen molar-refractivity contribution in [3.05, 3.63) is 35.4 Å². The summed E-state index contributed by atoms with van der Waals surface area (Å²) in [6.07, 6.45) is 18.6. The standard InChI is InChI=1S/C30H50O4/c1-24(2)19-15-13-11-9-7-5-6-8-10-12-14-16-20-26(23-25(3)4)34-30(33)28-22-18-17-21-27(28)29(31)32/h17-18,21-22,24-26H,5-16,19-20,23H2,1-4H3,(H,31,32). The molecule has 1 rings (SSSR count). The highest BCUT2D eigenvalue weighted by atomic mass is 16.5. The Morgan fingerprint density at radius 2 is 1.12 bits per heavy atom. The molecule has 0 bridgehead atoms. The Labute approximate surface area is 208 Å². The lowest BCUT2D eigenvalue weighted by molar-refractivity contribution is 0.0220. The third-order valence-electron chi connectivity index (χ3n) is 6.44. The molecule has 1 unspecified atom stereocenters. The van der Waals surface area contributed by atoms with Crippen LogP contribution >= 0.6 is 0 Å². The molecule has 1 aromatic carbocycles. The number of benzene rings is 1. The van der Waals surface area contributed by atoms with Gasteiger partial charge < -0.3 is 9.84 Å². The zero-order chi connectivity index (χ0) is 25.2. The van der Waals surface area contributed by atoms with Gasteiger partial charge >= 0.3 is 11.9 Å². The molecule has 0 radical (unpaired) electrons. The van der Waals surface area contributed by atoms with E-state index in [1.54, 1.807) is 12.1 Å². The van der Waals surface area contributed by atoms with Crippen molar-refractivity contribution >= 4 is 11.9 Å². The van der Waals surface area contributed by atoms with Crippen LogP contribution in [0, 0.1) is 11.8 Å². The van der Waals surface area contributed by atoms with E-state index < -0.39 is 11.9 Å². The summed E-state index contributed by atoms with van der Waals surface area (Å²) < 4.78 is 5.75. The summed E-state index contributed by atoms with van der Waals surface area (Å²) in [5.74, 6) is -0.363. The van der Waals surface area contributed by atoms with E-state index in [4.69, 9.17) is 4.74 Å². The number of carboxylic acids is 1. The van der Waals surface area contributed by atoms with Crippen molar-refractivity contribution in [1.82, 2.24) is 0 Å². The molecule has 0 amide bonds. The van der Waals surface area contributed by atoms with Crippen molar-refractivity contribution in [2.24, 2.45) is 11.8 Å². The van der Waals surface area contributed by atoms with E-state index >= 15 is 0 Å². The van der Waals surface area contributed by atoms with E-state index in [1.165, 1.54) is 82.8 Å². The van der Waals surface area contributed by atoms with E-state index in [9.17, 15) is 14.7 Å². The highest BCUT2D eigenvalue weighted by Crippen LogP contribution is 2.20. The summed E-state index contributed by atoms with van der Waals surface area (Å²) in [5, 5.41) is 9.34. The molecule has 0 spiro atoms. The second-order valence-electron chi connectivity index (χ2n) is 10.7. The SMILES string of the molecule is CC(C)CCCCCCCCCCCCCCC(CC(C)C)OC(=O)c1ccccc1C(=O)O. The first-order chi connectivity index (χ1) is 16.3. The first kappa shape index (κ1) is 30.2. The van der Waals surface area contributed by atoms with Gasteiger partial charge in [0.05, 0.1) is 11.1 Å². The van der Waals surface area contributed by atoms with E-state index in [1.807, 2.05) is 0 Å². The predicted octanol–water partition coefficient (Wildman–Crippen LogP) is 9.07. The number of rotatable bonds is 20. The molecular formula is C30H50O4. The van der Waals surface area contributed by atoms with E-state index in [-0.39, 0.29) is 17.2 Å². The normalized spacial score (nSPS) is 12.3. The van der Waals surface area contributed by atoms with Crippen molar-refractivity contribution in [2.75, 3.05) is 0 Å². The minimum Gasteiger partial charge on any atom is -0.478 e. The lowest BCUT2D eigenvalue weighted by Crippen LogP contribution is -2.22. The summed E-state index contributed by atoms with van der Waals surface area (Å²) in [6, 6.07) is 6.28. The van der Waals surface area contributed by atoms with E-state index in [0.29, 0.717) is 5.92 Å². The quantitative estimate of drug-likeness (QED) is 0.151. The Morgan fingerprint density at radius 3 is 1.56 bits per heavy atom. The first-order valence-electron chi connectivity index (χ1n) is 13.8. The summed E-state index contributed by atoms with van der Waals surface area (Å²) in [4.78, 5) is 24.0. The summed E-state index contributed by atoms with van der Waals surface area (Å²) in [7, 11) is 0. The molecule has 0 heterocycles. The van der Waals surface area contributed by atoms with Gasteiger partial charge in [-0.25, -0.2) is 9.59 Å². The van der Waals surface area contributed by atoms with Crippen LogP contribution in [-0.2, 0) is 4.74 Å². The van der Waals surface area contributed by atoms with Crippen LogP contribution < -0.4 is 0 Å². The number of carbonyl (C=O) groups excluding carboxylic acids is 1. The van der Waals surface area contributed by atoms with Gasteiger partial charge in [-0.1, -0.05) is 117 Å². The molecule has 0 fully saturated rings. The average Bonchev–Trinajstić information content (AvgIpc) is 2.78. The van der Waals surface area contributed by atoms with Gasteiger partial charge in [0.25, 0.3) is 0 Å². The number of ether oxygens (including phenoxy) is 1. The van der Waals surface area contributed by atoms with Gasteiger partial charge in [0, 0.05) is 0 Å². The fourth-order valence-electron chi connectivity index (χ4n) is 4.51. The third kappa shape index (κ3) is 14.4. The lowest BCUT2D eigenvalue weighted by atomic mass is 9.99. The number of unbranched alkanes of at least 4 members (excludes halogenated alkanes) is 11. The van der Waals surface area contributed by atoms with Gasteiger partial charge in [-0.05, 0) is 43.2 Å². The Bertz CT molecular complexity index is 680. The molecule has 1 atom stereocenters. The molecule has 34 heavy (non-hydrogen) atoms. The fraction of sp³-hybridized carbons (Fsp3) is 0.733. The largest absolute Gasteiger partial charge is 0.478 e. The third-order valence-corrected chi connectivity index (χ3v) is 6.44. The number of aromatic carboxylic acids is 1. The van der Waals surface area contributed by atoms with Gasteiger partial charge in [-0.2, -0.15) is 0 Å². The molecular weight excluding hydrogens is 424 g/mol. The molecule has 0 aliphatic carbocycles. The van der Waals surface area contributed by atoms with Crippen LogP contribution in [0.5, 0.6) is 0 Å². The van der Waals surface area contributed by atoms with E-state index in [0.717, 1.165) is 31.6 Å². The van der Waals surface area contributed by atoms with Crippen LogP contribution in [0.1, 0.15) is 145 Å². The second kappa shape index (κ2) is 18.5. The topological polar surface area (TPSA) is 63.6 Å². The van der Waals surface area contributed by atoms with Crippen LogP contribution in [-0.4, -0.2) is 23.1 Å². The van der Waals surface area contributed by atoms with Crippen LogP contribution in [0.15, 0.2) is 24.3 Å². The monoisotopic (exact) mass is 474 g/mol. The molecule has 0 aliphatic heterocycles. The van der Waals surface area contributed by atoms with Crippen molar-refractivity contribution in [3.63, 3.8) is 0 Å². The molecule has 4 nitrogen and oxygen atoms in total. The number of hydrogen-bond acceptors (Lipinski definition) is 3. The zero-order valence-electron chi connectivity index (χ0n) is 22.3. The summed E-state index contributed by atoms with van der Waals surface area (Å²) in [6.45, 7) is 8.86. The Balaban J connectivity index is 2.18. The molecule has 1 N–H and O–H groups in total. The van der Waals surface area contributed by atoms with Gasteiger partial charge in [-0.3, -0.25) is 0 Å².